The summed E-state index contributed by atoms with van der Waals surface area (Å²) in [6.07, 6.45) is 2.59. The molecule has 1 aliphatic carbocycles. The van der Waals surface area contributed by atoms with Crippen LogP contribution in [0.3, 0.4) is 0 Å². The Labute approximate surface area is 98.4 Å². The Morgan fingerprint density at radius 3 is 2.80 bits per heavy atom. The smallest absolute Gasteiger partial charge is 0.146 e. The number of para-hydroxylation sites is 1. The minimum absolute atomic E-state index is 0.116. The van der Waals surface area contributed by atoms with Gasteiger partial charge in [0.15, 0.2) is 0 Å². The Kier molecular flexibility index (Phi) is 3.29. The summed E-state index contributed by atoms with van der Waals surface area (Å²) in [5.74, 6) is 0.660. The van der Waals surface area contributed by atoms with Crippen molar-refractivity contribution in [2.45, 2.75) is 18.2 Å². The molecule has 1 aromatic rings. The van der Waals surface area contributed by atoms with Crippen molar-refractivity contribution in [3.8, 4) is 0 Å². The maximum Gasteiger partial charge on any atom is 0.146 e. The van der Waals surface area contributed by atoms with Crippen LogP contribution in [0.4, 0.5) is 10.1 Å². The van der Waals surface area contributed by atoms with E-state index in [-0.39, 0.29) is 5.82 Å². The van der Waals surface area contributed by atoms with Gasteiger partial charge in [-0.05, 0) is 30.4 Å². The van der Waals surface area contributed by atoms with Crippen LogP contribution in [-0.2, 0) is 5.33 Å². The van der Waals surface area contributed by atoms with Crippen LogP contribution in [0.1, 0.15) is 18.4 Å². The van der Waals surface area contributed by atoms with E-state index in [1.54, 1.807) is 6.07 Å². The molecule has 15 heavy (non-hydrogen) atoms. The molecule has 0 N–H and O–H groups in total. The first-order valence-electron chi connectivity index (χ1n) is 5.27. The number of nitrogens with zero attached hydrogens (tertiary/aromatic N) is 1. The molecule has 82 valence electrons. The Morgan fingerprint density at radius 1 is 1.47 bits per heavy atom. The van der Waals surface area contributed by atoms with E-state index in [1.165, 1.54) is 18.9 Å². The summed E-state index contributed by atoms with van der Waals surface area (Å²) in [4.78, 5) is 2.05. The molecule has 0 bridgehead atoms. The number of rotatable bonds is 4. The number of hydrogen-bond donors (Lipinski definition) is 0. The van der Waals surface area contributed by atoms with Crippen LogP contribution < -0.4 is 4.90 Å². The molecule has 1 saturated carbocycles. The Hall–Kier alpha value is -0.570. The standard InChI is InChI=1S/C12H15BrFN/c1-15(8-9-5-6-9)12-10(7-13)3-2-4-11(12)14/h2-4,9H,5-8H2,1H3. The molecule has 0 amide bonds. The summed E-state index contributed by atoms with van der Waals surface area (Å²) < 4.78 is 13.7. The van der Waals surface area contributed by atoms with Crippen LogP contribution in [0.15, 0.2) is 18.2 Å². The predicted molar refractivity (Wildman–Crippen MR) is 65.0 cm³/mol. The molecule has 0 spiro atoms. The zero-order chi connectivity index (χ0) is 10.8. The lowest BCUT2D eigenvalue weighted by molar-refractivity contribution is 0.617. The highest BCUT2D eigenvalue weighted by Gasteiger charge is 2.24. The van der Waals surface area contributed by atoms with E-state index in [9.17, 15) is 4.39 Å². The molecule has 3 heteroatoms. The van der Waals surface area contributed by atoms with Gasteiger partial charge in [0.1, 0.15) is 5.82 Å². The molecule has 1 aromatic carbocycles. The van der Waals surface area contributed by atoms with Gasteiger partial charge in [0.05, 0.1) is 5.69 Å². The fourth-order valence-electron chi connectivity index (χ4n) is 1.87. The third-order valence-corrected chi connectivity index (χ3v) is 3.43. The molecule has 0 heterocycles. The fraction of sp³-hybridized carbons (Fsp3) is 0.500. The van der Waals surface area contributed by atoms with Gasteiger partial charge in [-0.2, -0.15) is 0 Å². The number of hydrogen-bond acceptors (Lipinski definition) is 1. The lowest BCUT2D eigenvalue weighted by Gasteiger charge is -2.22. The second kappa shape index (κ2) is 4.52. The molecular weight excluding hydrogens is 257 g/mol. The average molecular weight is 272 g/mol. The molecule has 0 saturated heterocycles. The third kappa shape index (κ3) is 2.51. The summed E-state index contributed by atoms with van der Waals surface area (Å²) in [6, 6.07) is 5.27. The van der Waals surface area contributed by atoms with Gasteiger partial charge in [-0.1, -0.05) is 28.1 Å². The molecule has 0 radical (unpaired) electrons. The summed E-state index contributed by atoms with van der Waals surface area (Å²) >= 11 is 3.40. The zero-order valence-corrected chi connectivity index (χ0v) is 10.4. The molecular formula is C12H15BrFN. The number of alkyl halides is 1. The van der Waals surface area contributed by atoms with Crippen LogP contribution in [-0.4, -0.2) is 13.6 Å². The van der Waals surface area contributed by atoms with Crippen molar-refractivity contribution < 1.29 is 4.39 Å². The second-order valence-corrected chi connectivity index (χ2v) is 4.77. The first-order chi connectivity index (χ1) is 7.22. The summed E-state index contributed by atoms with van der Waals surface area (Å²) in [5, 5.41) is 0.703. The van der Waals surface area contributed by atoms with Gasteiger partial charge in [-0.25, -0.2) is 4.39 Å². The number of benzene rings is 1. The van der Waals surface area contributed by atoms with Crippen molar-refractivity contribution in [1.29, 1.82) is 0 Å². The van der Waals surface area contributed by atoms with E-state index in [4.69, 9.17) is 0 Å². The minimum Gasteiger partial charge on any atom is -0.372 e. The van der Waals surface area contributed by atoms with Crippen molar-refractivity contribution in [3.63, 3.8) is 0 Å². The molecule has 0 atom stereocenters. The van der Waals surface area contributed by atoms with Crippen LogP contribution in [0.5, 0.6) is 0 Å². The van der Waals surface area contributed by atoms with Crippen molar-refractivity contribution in [2.24, 2.45) is 5.92 Å². The van der Waals surface area contributed by atoms with Gasteiger partial charge in [0.2, 0.25) is 0 Å². The maximum absolute atomic E-state index is 13.7. The predicted octanol–water partition coefficient (Wildman–Crippen LogP) is 3.57. The van der Waals surface area contributed by atoms with Gasteiger partial charge in [-0.3, -0.25) is 0 Å². The first-order valence-corrected chi connectivity index (χ1v) is 6.39. The highest BCUT2D eigenvalue weighted by Crippen LogP contribution is 2.33. The van der Waals surface area contributed by atoms with Crippen molar-refractivity contribution in [1.82, 2.24) is 0 Å². The Morgan fingerprint density at radius 2 is 2.20 bits per heavy atom. The van der Waals surface area contributed by atoms with Gasteiger partial charge in [0.25, 0.3) is 0 Å². The van der Waals surface area contributed by atoms with Gasteiger partial charge in [-0.15, -0.1) is 0 Å². The SMILES string of the molecule is CN(CC1CC1)c1c(F)cccc1CBr. The zero-order valence-electron chi connectivity index (χ0n) is 8.84. The minimum atomic E-state index is -0.116. The lowest BCUT2D eigenvalue weighted by atomic mass is 10.1. The molecule has 1 aliphatic rings. The number of halogens is 2. The quantitative estimate of drug-likeness (QED) is 0.757. The molecule has 1 fully saturated rings. The van der Waals surface area contributed by atoms with Crippen LogP contribution in [0.25, 0.3) is 0 Å². The average Bonchev–Trinajstić information content (AvgIpc) is 3.00. The highest BCUT2D eigenvalue weighted by molar-refractivity contribution is 9.08. The molecule has 0 aromatic heterocycles. The summed E-state index contributed by atoms with van der Waals surface area (Å²) in [6.45, 7) is 0.973. The third-order valence-electron chi connectivity index (χ3n) is 2.83. The van der Waals surface area contributed by atoms with Crippen LogP contribution in [0, 0.1) is 11.7 Å². The van der Waals surface area contributed by atoms with E-state index in [2.05, 4.69) is 15.9 Å². The summed E-state index contributed by atoms with van der Waals surface area (Å²) in [7, 11) is 1.98. The largest absolute Gasteiger partial charge is 0.372 e. The first kappa shape index (κ1) is 10.9. The van der Waals surface area contributed by atoms with Gasteiger partial charge in [0, 0.05) is 18.9 Å². The van der Waals surface area contributed by atoms with Crippen LogP contribution in [0.2, 0.25) is 0 Å². The van der Waals surface area contributed by atoms with Gasteiger partial charge < -0.3 is 4.90 Å². The van der Waals surface area contributed by atoms with E-state index in [0.29, 0.717) is 5.33 Å². The Balaban J connectivity index is 2.22. The number of anilines is 1. The van der Waals surface area contributed by atoms with E-state index in [0.717, 1.165) is 23.7 Å². The molecule has 0 unspecified atom stereocenters. The second-order valence-electron chi connectivity index (χ2n) is 4.21. The summed E-state index contributed by atoms with van der Waals surface area (Å²) in [5.41, 5.74) is 1.78. The van der Waals surface area contributed by atoms with E-state index in [1.807, 2.05) is 18.0 Å². The van der Waals surface area contributed by atoms with Crippen LogP contribution >= 0.6 is 15.9 Å². The van der Waals surface area contributed by atoms with Crippen molar-refractivity contribution >= 4 is 21.6 Å². The maximum atomic E-state index is 13.7. The normalized spacial score (nSPS) is 15.4. The molecule has 1 nitrogen and oxygen atoms in total. The van der Waals surface area contributed by atoms with E-state index >= 15 is 0 Å². The highest BCUT2D eigenvalue weighted by atomic mass is 79.9. The van der Waals surface area contributed by atoms with Gasteiger partial charge >= 0.3 is 0 Å². The van der Waals surface area contributed by atoms with Crippen molar-refractivity contribution in [3.05, 3.63) is 29.6 Å². The lowest BCUT2D eigenvalue weighted by Crippen LogP contribution is -2.22. The fourth-order valence-corrected chi connectivity index (χ4v) is 2.33. The topological polar surface area (TPSA) is 3.24 Å². The van der Waals surface area contributed by atoms with E-state index < -0.39 is 0 Å². The Bertz CT molecular complexity index is 349. The van der Waals surface area contributed by atoms with Crippen molar-refractivity contribution in [2.75, 3.05) is 18.5 Å². The monoisotopic (exact) mass is 271 g/mol. The molecule has 2 rings (SSSR count). The molecule has 0 aliphatic heterocycles.